The normalized spacial score (nSPS) is 11.5. The van der Waals surface area contributed by atoms with Crippen LogP contribution in [0.1, 0.15) is 17.1 Å². The highest BCUT2D eigenvalue weighted by Gasteiger charge is 2.27. The SMILES string of the molecule is Cc1noc(C)c1-c1c(-c2ccc(O)cc2)c(-n2cccc2)n(C)c1C=NO. The smallest absolute Gasteiger partial charge is 0.141 e. The molecule has 0 aliphatic carbocycles. The lowest BCUT2D eigenvalue weighted by Gasteiger charge is -2.11. The Morgan fingerprint density at radius 1 is 1.04 bits per heavy atom. The van der Waals surface area contributed by atoms with E-state index in [9.17, 15) is 10.3 Å². The predicted molar refractivity (Wildman–Crippen MR) is 106 cm³/mol. The monoisotopic (exact) mass is 376 g/mol. The number of oxime groups is 1. The van der Waals surface area contributed by atoms with Gasteiger partial charge in [-0.25, -0.2) is 0 Å². The predicted octanol–water partition coefficient (Wildman–Crippen LogP) is 4.27. The molecule has 7 heteroatoms. The molecule has 0 fully saturated rings. The molecule has 0 unspecified atom stereocenters. The molecule has 3 heterocycles. The van der Waals surface area contributed by atoms with E-state index in [1.807, 2.05) is 66.7 Å². The molecule has 3 aromatic heterocycles. The first-order valence-corrected chi connectivity index (χ1v) is 8.79. The highest BCUT2D eigenvalue weighted by atomic mass is 16.5. The van der Waals surface area contributed by atoms with Gasteiger partial charge in [-0.2, -0.15) is 0 Å². The van der Waals surface area contributed by atoms with Gasteiger partial charge in [0.05, 0.1) is 23.2 Å². The Balaban J connectivity index is 2.17. The van der Waals surface area contributed by atoms with E-state index in [0.29, 0.717) is 11.5 Å². The van der Waals surface area contributed by atoms with Crippen LogP contribution in [-0.4, -0.2) is 30.8 Å². The van der Waals surface area contributed by atoms with Crippen molar-refractivity contribution in [2.45, 2.75) is 13.8 Å². The maximum atomic E-state index is 9.75. The molecule has 0 saturated heterocycles. The van der Waals surface area contributed by atoms with E-state index in [1.54, 1.807) is 12.1 Å². The number of nitrogens with zero attached hydrogens (tertiary/aromatic N) is 4. The largest absolute Gasteiger partial charge is 0.508 e. The molecule has 4 aromatic rings. The number of rotatable bonds is 4. The minimum Gasteiger partial charge on any atom is -0.508 e. The summed E-state index contributed by atoms with van der Waals surface area (Å²) < 4.78 is 9.38. The molecule has 4 rings (SSSR count). The maximum Gasteiger partial charge on any atom is 0.141 e. The standard InChI is InChI=1S/C21H20N4O3/c1-13-18(14(2)28-23-13)20-17(12-22-27)24(3)21(25-10-4-5-11-25)19(20)15-6-8-16(26)9-7-15/h4-12,26-27H,1-3H3. The molecule has 2 N–H and O–H groups in total. The summed E-state index contributed by atoms with van der Waals surface area (Å²) in [7, 11) is 1.91. The molecule has 0 aliphatic heterocycles. The van der Waals surface area contributed by atoms with Crippen LogP contribution in [0.4, 0.5) is 0 Å². The maximum absolute atomic E-state index is 9.75. The number of aryl methyl sites for hydroxylation is 2. The number of phenolic OH excluding ortho intramolecular Hbond substituents is 1. The van der Waals surface area contributed by atoms with Crippen LogP contribution < -0.4 is 0 Å². The Hall–Kier alpha value is -3.74. The van der Waals surface area contributed by atoms with Crippen molar-refractivity contribution in [2.75, 3.05) is 0 Å². The van der Waals surface area contributed by atoms with E-state index in [1.165, 1.54) is 6.21 Å². The van der Waals surface area contributed by atoms with Crippen molar-refractivity contribution in [3.05, 3.63) is 65.9 Å². The zero-order valence-electron chi connectivity index (χ0n) is 15.8. The highest BCUT2D eigenvalue weighted by Crippen LogP contribution is 2.43. The van der Waals surface area contributed by atoms with Gasteiger partial charge in [-0.1, -0.05) is 22.4 Å². The van der Waals surface area contributed by atoms with Crippen LogP contribution >= 0.6 is 0 Å². The molecule has 0 atom stereocenters. The zero-order chi connectivity index (χ0) is 19.8. The van der Waals surface area contributed by atoms with Crippen LogP contribution in [0.3, 0.4) is 0 Å². The third-order valence-corrected chi connectivity index (χ3v) is 4.88. The third-order valence-electron chi connectivity index (χ3n) is 4.88. The molecule has 7 nitrogen and oxygen atoms in total. The molecular weight excluding hydrogens is 356 g/mol. The van der Waals surface area contributed by atoms with Crippen molar-refractivity contribution < 1.29 is 14.8 Å². The number of benzene rings is 1. The van der Waals surface area contributed by atoms with Gasteiger partial charge in [-0.05, 0) is 43.7 Å². The van der Waals surface area contributed by atoms with Gasteiger partial charge >= 0.3 is 0 Å². The summed E-state index contributed by atoms with van der Waals surface area (Å²) in [6.07, 6.45) is 5.32. The molecule has 0 bridgehead atoms. The van der Waals surface area contributed by atoms with Crippen LogP contribution in [0.25, 0.3) is 28.1 Å². The van der Waals surface area contributed by atoms with Gasteiger partial charge < -0.3 is 24.0 Å². The molecular formula is C21H20N4O3. The van der Waals surface area contributed by atoms with Gasteiger partial charge in [0, 0.05) is 30.6 Å². The van der Waals surface area contributed by atoms with E-state index in [2.05, 4.69) is 10.3 Å². The van der Waals surface area contributed by atoms with E-state index in [-0.39, 0.29) is 5.75 Å². The van der Waals surface area contributed by atoms with Crippen molar-refractivity contribution in [1.82, 2.24) is 14.3 Å². The fraction of sp³-hybridized carbons (Fsp3) is 0.143. The fourth-order valence-electron chi connectivity index (χ4n) is 3.67. The zero-order valence-corrected chi connectivity index (χ0v) is 15.8. The van der Waals surface area contributed by atoms with Gasteiger partial charge in [-0.3, -0.25) is 0 Å². The molecule has 0 aliphatic rings. The Labute approximate surface area is 161 Å². The lowest BCUT2D eigenvalue weighted by Crippen LogP contribution is -2.03. The summed E-state index contributed by atoms with van der Waals surface area (Å²) in [6, 6.07) is 10.9. The molecule has 0 spiro atoms. The Morgan fingerprint density at radius 2 is 1.71 bits per heavy atom. The number of aromatic hydroxyl groups is 1. The minimum absolute atomic E-state index is 0.193. The topological polar surface area (TPSA) is 88.7 Å². The average molecular weight is 376 g/mol. The lowest BCUT2D eigenvalue weighted by molar-refractivity contribution is 0.321. The van der Waals surface area contributed by atoms with Crippen molar-refractivity contribution in [3.8, 4) is 33.8 Å². The number of hydrogen-bond donors (Lipinski definition) is 2. The fourth-order valence-corrected chi connectivity index (χ4v) is 3.67. The summed E-state index contributed by atoms with van der Waals surface area (Å²) >= 11 is 0. The minimum atomic E-state index is 0.193. The van der Waals surface area contributed by atoms with Gasteiger partial charge in [0.1, 0.15) is 17.3 Å². The van der Waals surface area contributed by atoms with Crippen LogP contribution in [0, 0.1) is 13.8 Å². The average Bonchev–Trinajstić information content (AvgIpc) is 3.37. The van der Waals surface area contributed by atoms with Gasteiger partial charge in [0.15, 0.2) is 0 Å². The van der Waals surface area contributed by atoms with Crippen molar-refractivity contribution in [1.29, 1.82) is 0 Å². The first-order valence-electron chi connectivity index (χ1n) is 8.79. The van der Waals surface area contributed by atoms with Crippen LogP contribution in [-0.2, 0) is 7.05 Å². The number of hydrogen-bond acceptors (Lipinski definition) is 5. The van der Waals surface area contributed by atoms with Gasteiger partial charge in [0.2, 0.25) is 0 Å². The summed E-state index contributed by atoms with van der Waals surface area (Å²) in [5.41, 5.74) is 4.99. The molecule has 1 aromatic carbocycles. The van der Waals surface area contributed by atoms with Crippen molar-refractivity contribution in [3.63, 3.8) is 0 Å². The second kappa shape index (κ2) is 6.77. The highest BCUT2D eigenvalue weighted by molar-refractivity contribution is 6.01. The molecule has 142 valence electrons. The molecule has 28 heavy (non-hydrogen) atoms. The first kappa shape index (κ1) is 17.7. The quantitative estimate of drug-likeness (QED) is 0.316. The third kappa shape index (κ3) is 2.68. The van der Waals surface area contributed by atoms with E-state index >= 15 is 0 Å². The summed E-state index contributed by atoms with van der Waals surface area (Å²) in [6.45, 7) is 3.74. The van der Waals surface area contributed by atoms with Crippen LogP contribution in [0.2, 0.25) is 0 Å². The van der Waals surface area contributed by atoms with Crippen molar-refractivity contribution in [2.24, 2.45) is 12.2 Å². The molecule has 0 radical (unpaired) electrons. The van der Waals surface area contributed by atoms with E-state index in [4.69, 9.17) is 4.52 Å². The summed E-state index contributed by atoms with van der Waals surface area (Å²) in [4.78, 5) is 0. The van der Waals surface area contributed by atoms with Crippen molar-refractivity contribution >= 4 is 6.21 Å². The summed E-state index contributed by atoms with van der Waals surface area (Å²) in [5, 5.41) is 26.5. The summed E-state index contributed by atoms with van der Waals surface area (Å²) in [5.74, 6) is 1.76. The van der Waals surface area contributed by atoms with E-state index < -0.39 is 0 Å². The second-order valence-electron chi connectivity index (χ2n) is 6.60. The Kier molecular flexibility index (Phi) is 4.27. The Bertz CT molecular complexity index is 1130. The molecule has 0 saturated carbocycles. The Morgan fingerprint density at radius 3 is 2.29 bits per heavy atom. The number of phenols is 1. The number of aromatic nitrogens is 3. The lowest BCUT2D eigenvalue weighted by atomic mass is 9.95. The first-order chi connectivity index (χ1) is 13.5. The van der Waals surface area contributed by atoms with Crippen LogP contribution in [0.15, 0.2) is 58.5 Å². The molecule has 0 amide bonds. The van der Waals surface area contributed by atoms with Gasteiger partial charge in [-0.15, -0.1) is 0 Å². The van der Waals surface area contributed by atoms with Gasteiger partial charge in [0.25, 0.3) is 0 Å². The van der Waals surface area contributed by atoms with E-state index in [0.717, 1.165) is 33.8 Å². The second-order valence-corrected chi connectivity index (χ2v) is 6.60. The van der Waals surface area contributed by atoms with Crippen LogP contribution in [0.5, 0.6) is 5.75 Å².